The van der Waals surface area contributed by atoms with Gasteiger partial charge in [0.25, 0.3) is 5.91 Å². The molecule has 0 radical (unpaired) electrons. The summed E-state index contributed by atoms with van der Waals surface area (Å²) in [4.78, 5) is 38.1. The van der Waals surface area contributed by atoms with Crippen LogP contribution in [0.15, 0.2) is 48.8 Å². The van der Waals surface area contributed by atoms with E-state index in [9.17, 15) is 19.1 Å². The van der Waals surface area contributed by atoms with Crippen molar-refractivity contribution in [1.29, 1.82) is 0 Å². The number of hydrogen-bond acceptors (Lipinski definition) is 9. The molecule has 0 spiro atoms. The summed E-state index contributed by atoms with van der Waals surface area (Å²) in [6.07, 6.45) is 2.97. The van der Waals surface area contributed by atoms with Crippen LogP contribution in [0.4, 0.5) is 16.2 Å². The lowest BCUT2D eigenvalue weighted by Gasteiger charge is -2.26. The van der Waals surface area contributed by atoms with Crippen LogP contribution in [-0.4, -0.2) is 66.0 Å². The number of aryl methyl sites for hydroxylation is 1. The second kappa shape index (κ2) is 12.1. The Morgan fingerprint density at radius 2 is 2.05 bits per heavy atom. The number of aliphatic hydroxyl groups is 1. The lowest BCUT2D eigenvalue weighted by molar-refractivity contribution is -0.126. The van der Waals surface area contributed by atoms with E-state index in [1.54, 1.807) is 45.2 Å². The van der Waals surface area contributed by atoms with Gasteiger partial charge >= 0.3 is 0 Å². The van der Waals surface area contributed by atoms with Crippen LogP contribution in [0.5, 0.6) is 5.75 Å². The number of rotatable bonds is 10. The highest BCUT2D eigenvalue weighted by Crippen LogP contribution is 2.32. The largest absolute Gasteiger partial charge is 0.494 e. The van der Waals surface area contributed by atoms with Gasteiger partial charge in [-0.1, -0.05) is 23.7 Å². The van der Waals surface area contributed by atoms with Crippen LogP contribution < -0.4 is 15.4 Å². The van der Waals surface area contributed by atoms with E-state index in [1.807, 2.05) is 0 Å². The van der Waals surface area contributed by atoms with Crippen LogP contribution in [0.2, 0.25) is 5.02 Å². The Morgan fingerprint density at radius 1 is 1.24 bits per heavy atom. The Hall–Kier alpha value is -4.62. The molecule has 4 aromatic rings. The number of fused-ring (bicyclic) bond motifs is 1. The molecule has 0 saturated heterocycles. The number of hydrogen-bond donors (Lipinski definition) is 3. The van der Waals surface area contributed by atoms with Crippen molar-refractivity contribution in [3.63, 3.8) is 0 Å². The van der Waals surface area contributed by atoms with Gasteiger partial charge in [0, 0.05) is 30.8 Å². The number of benzene rings is 2. The number of aliphatic hydroxyl groups excluding tert-OH is 1. The molecule has 2 amide bonds. The molecule has 42 heavy (non-hydrogen) atoms. The van der Waals surface area contributed by atoms with Gasteiger partial charge in [0.1, 0.15) is 17.6 Å². The summed E-state index contributed by atoms with van der Waals surface area (Å²) in [5, 5.41) is 24.1. The molecule has 3 heterocycles. The van der Waals surface area contributed by atoms with Crippen molar-refractivity contribution in [2.45, 2.75) is 32.5 Å². The highest BCUT2D eigenvalue weighted by molar-refractivity contribution is 6.33. The van der Waals surface area contributed by atoms with Crippen molar-refractivity contribution >= 4 is 35.2 Å². The Bertz CT molecular complexity index is 1650. The zero-order chi connectivity index (χ0) is 30.0. The Morgan fingerprint density at radius 3 is 2.76 bits per heavy atom. The molecule has 0 fully saturated rings. The van der Waals surface area contributed by atoms with Gasteiger partial charge in [-0.05, 0) is 43.2 Å². The zero-order valence-electron chi connectivity index (χ0n) is 23.0. The molecule has 2 atom stereocenters. The summed E-state index contributed by atoms with van der Waals surface area (Å²) in [6, 6.07) is 7.50. The number of anilines is 2. The average Bonchev–Trinajstić information content (AvgIpc) is 3.53. The highest BCUT2D eigenvalue weighted by Gasteiger charge is 2.35. The summed E-state index contributed by atoms with van der Waals surface area (Å²) in [6.45, 7) is 3.43. The van der Waals surface area contributed by atoms with E-state index >= 15 is 0 Å². The Balaban J connectivity index is 1.32. The topological polar surface area (TPSA) is 147 Å². The molecule has 218 valence electrons. The smallest absolute Gasteiger partial charge is 0.255 e. The van der Waals surface area contributed by atoms with Gasteiger partial charge in [-0.2, -0.15) is 9.90 Å². The first-order chi connectivity index (χ1) is 20.2. The van der Waals surface area contributed by atoms with Crippen LogP contribution in [0.3, 0.4) is 0 Å². The summed E-state index contributed by atoms with van der Waals surface area (Å²) in [7, 11) is 1.68. The van der Waals surface area contributed by atoms with Crippen LogP contribution >= 0.6 is 11.6 Å². The van der Waals surface area contributed by atoms with Crippen LogP contribution in [0.1, 0.15) is 41.4 Å². The molecular formula is C28H28ClFN8O4. The molecule has 14 heteroatoms. The minimum atomic E-state index is -0.897. The lowest BCUT2D eigenvalue weighted by Crippen LogP contribution is -2.46. The van der Waals surface area contributed by atoms with E-state index in [-0.39, 0.29) is 29.2 Å². The summed E-state index contributed by atoms with van der Waals surface area (Å²) in [5.41, 5.74) is 2.49. The molecule has 0 bridgehead atoms. The Labute approximate surface area is 245 Å². The summed E-state index contributed by atoms with van der Waals surface area (Å²) in [5.74, 6) is -0.418. The van der Waals surface area contributed by atoms with Crippen LogP contribution in [0.25, 0.3) is 11.3 Å². The molecule has 2 aromatic carbocycles. The molecule has 0 aliphatic carbocycles. The van der Waals surface area contributed by atoms with E-state index in [2.05, 4.69) is 30.8 Å². The maximum absolute atomic E-state index is 14.1. The zero-order valence-corrected chi connectivity index (χ0v) is 23.8. The first-order valence-corrected chi connectivity index (χ1v) is 13.5. The fraction of sp³-hybridized carbons (Fsp3) is 0.286. The van der Waals surface area contributed by atoms with Gasteiger partial charge in [0.05, 0.1) is 42.4 Å². The van der Waals surface area contributed by atoms with E-state index < -0.39 is 30.4 Å². The molecule has 2 unspecified atom stereocenters. The fourth-order valence-electron chi connectivity index (χ4n) is 4.63. The second-order valence-corrected chi connectivity index (χ2v) is 10.0. The number of nitrogens with one attached hydrogen (secondary N) is 2. The maximum atomic E-state index is 14.1. The van der Waals surface area contributed by atoms with Gasteiger partial charge < -0.3 is 25.4 Å². The van der Waals surface area contributed by atoms with Gasteiger partial charge in [0.2, 0.25) is 11.9 Å². The third-order valence-corrected chi connectivity index (χ3v) is 7.03. The molecule has 2 aromatic heterocycles. The molecule has 5 rings (SSSR count). The number of nitrogens with zero attached hydrogens (tertiary/aromatic N) is 6. The minimum absolute atomic E-state index is 0.207. The second-order valence-electron chi connectivity index (χ2n) is 9.61. The number of carbonyl (C=O) groups is 2. The van der Waals surface area contributed by atoms with Crippen molar-refractivity contribution in [1.82, 2.24) is 35.2 Å². The normalized spacial score (nSPS) is 14.0. The maximum Gasteiger partial charge on any atom is 0.255 e. The molecular weight excluding hydrogens is 567 g/mol. The summed E-state index contributed by atoms with van der Waals surface area (Å²) >= 11 is 6.41. The third-order valence-electron chi connectivity index (χ3n) is 6.75. The Kier molecular flexibility index (Phi) is 8.31. The number of halogens is 2. The van der Waals surface area contributed by atoms with E-state index in [0.717, 1.165) is 5.56 Å². The first kappa shape index (κ1) is 28.9. The predicted octanol–water partition coefficient (Wildman–Crippen LogP) is 3.40. The van der Waals surface area contributed by atoms with Gasteiger partial charge in [0.15, 0.2) is 5.82 Å². The molecule has 0 saturated carbocycles. The van der Waals surface area contributed by atoms with E-state index in [0.29, 0.717) is 34.8 Å². The number of carbonyl (C=O) groups excluding carboxylic acids is 2. The van der Waals surface area contributed by atoms with Crippen molar-refractivity contribution in [2.75, 3.05) is 18.5 Å². The molecule has 1 aliphatic rings. The predicted molar refractivity (Wildman–Crippen MR) is 152 cm³/mol. The van der Waals surface area contributed by atoms with Gasteiger partial charge in [-0.25, -0.2) is 14.4 Å². The first-order valence-electron chi connectivity index (χ1n) is 13.1. The fourth-order valence-corrected chi connectivity index (χ4v) is 4.83. The van der Waals surface area contributed by atoms with Crippen LogP contribution in [-0.2, 0) is 18.4 Å². The minimum Gasteiger partial charge on any atom is -0.494 e. The standard InChI is InChI=1S/C28H28ClFN8O4/c1-4-42-20-8-18(7-19(30)10-20)23(14-39)33-26(40)15(2)38-13-17-6-5-16(9-21(17)27(38)41)25-22(29)11-31-28(35-25)34-24-12-32-37(3)36-24/h5-12,15,23,39H,4,13-14H2,1-3H3,(H,33,40)(H,31,34,35,36). The van der Waals surface area contributed by atoms with Crippen molar-refractivity contribution in [3.8, 4) is 17.0 Å². The lowest BCUT2D eigenvalue weighted by atomic mass is 10.0. The number of ether oxygens (including phenoxy) is 1. The van der Waals surface area contributed by atoms with Crippen molar-refractivity contribution < 1.29 is 23.8 Å². The molecule has 1 aliphatic heterocycles. The quantitative estimate of drug-likeness (QED) is 0.251. The molecule has 12 nitrogen and oxygen atoms in total. The van der Waals surface area contributed by atoms with E-state index in [4.69, 9.17) is 16.3 Å². The number of amides is 2. The molecule has 3 N–H and O–H groups in total. The van der Waals surface area contributed by atoms with Crippen LogP contribution in [0, 0.1) is 5.82 Å². The van der Waals surface area contributed by atoms with Gasteiger partial charge in [-0.15, -0.1) is 5.10 Å². The van der Waals surface area contributed by atoms with Gasteiger partial charge in [-0.3, -0.25) is 9.59 Å². The van der Waals surface area contributed by atoms with Crippen molar-refractivity contribution in [3.05, 3.63) is 76.3 Å². The monoisotopic (exact) mass is 594 g/mol. The SMILES string of the molecule is CCOc1cc(F)cc(C(CO)NC(=O)C(C)N2Cc3ccc(-c4nc(Nc5cnn(C)n5)ncc4Cl)cc3C2=O)c1. The average molecular weight is 595 g/mol. The highest BCUT2D eigenvalue weighted by atomic mass is 35.5. The number of aromatic nitrogens is 5. The van der Waals surface area contributed by atoms with Crippen molar-refractivity contribution in [2.24, 2.45) is 7.05 Å². The summed E-state index contributed by atoms with van der Waals surface area (Å²) < 4.78 is 19.5. The third kappa shape index (κ3) is 6.02. The van der Waals surface area contributed by atoms with E-state index in [1.165, 1.54) is 34.2 Å².